The zero-order chi connectivity index (χ0) is 24.6. The van der Waals surface area contributed by atoms with Crippen molar-refractivity contribution in [3.8, 4) is 0 Å². The molecule has 192 valence electrons. The normalized spacial score (nSPS) is 37.1. The van der Waals surface area contributed by atoms with E-state index in [0.717, 1.165) is 41.9 Å². The Hall–Kier alpha value is -1.50. The van der Waals surface area contributed by atoms with Gasteiger partial charge in [0.15, 0.2) is 0 Å². The molecule has 2 saturated carbocycles. The molecular weight excluding hydrogens is 424 g/mol. The number of benzene rings is 1. The van der Waals surface area contributed by atoms with Crippen LogP contribution in [0.4, 0.5) is 0 Å². The lowest BCUT2D eigenvalue weighted by Gasteiger charge is -2.57. The van der Waals surface area contributed by atoms with Gasteiger partial charge in [-0.2, -0.15) is 0 Å². The zero-order valence-corrected chi connectivity index (χ0v) is 23.2. The summed E-state index contributed by atoms with van der Waals surface area (Å²) in [6.07, 6.45) is 18.9. The van der Waals surface area contributed by atoms with Gasteiger partial charge < -0.3 is 4.74 Å². The van der Waals surface area contributed by atoms with Gasteiger partial charge in [-0.05, 0) is 102 Å². The van der Waals surface area contributed by atoms with Gasteiger partial charge in [0.2, 0.25) is 0 Å². The van der Waals surface area contributed by atoms with E-state index in [9.17, 15) is 0 Å². The Bertz CT molecular complexity index is 925. The van der Waals surface area contributed by atoms with E-state index in [2.05, 4.69) is 77.1 Å². The molecular formula is C34H50O. The first kappa shape index (κ1) is 25.2. The maximum atomic E-state index is 6.29. The molecule has 0 aromatic heterocycles. The van der Waals surface area contributed by atoms with Crippen LogP contribution in [0.5, 0.6) is 0 Å². The van der Waals surface area contributed by atoms with Crippen LogP contribution in [0, 0.1) is 46.3 Å². The van der Waals surface area contributed by atoms with Crippen LogP contribution in [0.3, 0.4) is 0 Å². The third kappa shape index (κ3) is 4.78. The highest BCUT2D eigenvalue weighted by Crippen LogP contribution is 2.67. The molecule has 1 nitrogen and oxygen atoms in total. The Morgan fingerprint density at radius 1 is 0.943 bits per heavy atom. The van der Waals surface area contributed by atoms with E-state index >= 15 is 0 Å². The van der Waals surface area contributed by atoms with Gasteiger partial charge in [-0.25, -0.2) is 0 Å². The van der Waals surface area contributed by atoms with E-state index in [0.29, 0.717) is 17.4 Å². The Labute approximate surface area is 215 Å². The standard InChI is InChI=1S/C34H50O/c1-24(2)10-9-11-25(3)30-16-17-31-29-15-14-27-22-28(35-23-26-12-7-6-8-13-26)18-20-33(27,4)32(29)19-21-34(30,31)5/h6-8,12-14,22,24-25,29-32H,9-11,15-21,23H2,1-5H3/t25-,29+,30-,31+,32+,33+,34-/m1/s1. The molecule has 1 heteroatoms. The fourth-order valence-corrected chi connectivity index (χ4v) is 9.19. The lowest BCUT2D eigenvalue weighted by molar-refractivity contribution is -0.0469. The highest BCUT2D eigenvalue weighted by molar-refractivity contribution is 5.36. The van der Waals surface area contributed by atoms with Crippen molar-refractivity contribution in [1.29, 1.82) is 0 Å². The molecule has 7 atom stereocenters. The molecule has 5 rings (SSSR count). The fraction of sp³-hybridized carbons (Fsp3) is 0.706. The minimum absolute atomic E-state index is 0.352. The van der Waals surface area contributed by atoms with Gasteiger partial charge in [-0.3, -0.25) is 0 Å². The molecule has 0 aliphatic heterocycles. The number of ether oxygens (including phenoxy) is 1. The van der Waals surface area contributed by atoms with E-state index in [4.69, 9.17) is 4.74 Å². The van der Waals surface area contributed by atoms with Crippen LogP contribution < -0.4 is 0 Å². The molecule has 35 heavy (non-hydrogen) atoms. The van der Waals surface area contributed by atoms with Gasteiger partial charge in [0, 0.05) is 6.42 Å². The third-order valence-electron chi connectivity index (χ3n) is 11.2. The predicted molar refractivity (Wildman–Crippen MR) is 148 cm³/mol. The fourth-order valence-electron chi connectivity index (χ4n) is 9.19. The predicted octanol–water partition coefficient (Wildman–Crippen LogP) is 9.74. The second kappa shape index (κ2) is 10.1. The minimum atomic E-state index is 0.352. The van der Waals surface area contributed by atoms with Gasteiger partial charge in [-0.15, -0.1) is 0 Å². The lowest BCUT2D eigenvalue weighted by atomic mass is 9.47. The molecule has 0 unspecified atom stereocenters. The Morgan fingerprint density at radius 2 is 1.74 bits per heavy atom. The van der Waals surface area contributed by atoms with Crippen LogP contribution in [0.15, 0.2) is 53.8 Å². The average molecular weight is 475 g/mol. The van der Waals surface area contributed by atoms with Crippen molar-refractivity contribution in [2.45, 2.75) is 105 Å². The third-order valence-corrected chi connectivity index (χ3v) is 11.2. The van der Waals surface area contributed by atoms with Gasteiger partial charge in [0.25, 0.3) is 0 Å². The van der Waals surface area contributed by atoms with Crippen molar-refractivity contribution < 1.29 is 4.74 Å². The largest absolute Gasteiger partial charge is 0.493 e. The smallest absolute Gasteiger partial charge is 0.113 e. The van der Waals surface area contributed by atoms with Gasteiger partial charge in [-0.1, -0.05) is 90.3 Å². The lowest BCUT2D eigenvalue weighted by Crippen LogP contribution is -2.49. The van der Waals surface area contributed by atoms with Crippen LogP contribution in [0.25, 0.3) is 0 Å². The molecule has 4 aliphatic rings. The molecule has 0 bridgehead atoms. The summed E-state index contributed by atoms with van der Waals surface area (Å²) in [5.74, 6) is 6.59. The van der Waals surface area contributed by atoms with Crippen molar-refractivity contribution >= 4 is 0 Å². The maximum absolute atomic E-state index is 6.29. The molecule has 1 aromatic rings. The van der Waals surface area contributed by atoms with E-state index in [1.165, 1.54) is 69.1 Å². The summed E-state index contributed by atoms with van der Waals surface area (Å²) in [6, 6.07) is 10.6. The number of fused-ring (bicyclic) bond motifs is 5. The summed E-state index contributed by atoms with van der Waals surface area (Å²) in [4.78, 5) is 0. The average Bonchev–Trinajstić information content (AvgIpc) is 3.20. The molecule has 0 N–H and O–H groups in total. The van der Waals surface area contributed by atoms with Crippen molar-refractivity contribution in [2.75, 3.05) is 0 Å². The van der Waals surface area contributed by atoms with Crippen LogP contribution in [0.1, 0.15) is 104 Å². The van der Waals surface area contributed by atoms with Crippen LogP contribution >= 0.6 is 0 Å². The number of allylic oxidation sites excluding steroid dienone is 4. The molecule has 0 saturated heterocycles. The molecule has 0 radical (unpaired) electrons. The molecule has 0 heterocycles. The second-order valence-electron chi connectivity index (χ2n) is 13.6. The minimum Gasteiger partial charge on any atom is -0.493 e. The monoisotopic (exact) mass is 474 g/mol. The highest BCUT2D eigenvalue weighted by Gasteiger charge is 2.58. The van der Waals surface area contributed by atoms with Crippen molar-refractivity contribution in [3.05, 3.63) is 59.4 Å². The van der Waals surface area contributed by atoms with E-state index in [1.54, 1.807) is 5.57 Å². The molecule has 2 fully saturated rings. The zero-order valence-electron chi connectivity index (χ0n) is 23.2. The van der Waals surface area contributed by atoms with E-state index in [1.807, 2.05) is 0 Å². The second-order valence-corrected chi connectivity index (χ2v) is 13.6. The Morgan fingerprint density at radius 3 is 2.51 bits per heavy atom. The summed E-state index contributed by atoms with van der Waals surface area (Å²) in [6.45, 7) is 13.4. The molecule has 0 amide bonds. The summed E-state index contributed by atoms with van der Waals surface area (Å²) in [5, 5.41) is 0. The van der Waals surface area contributed by atoms with Crippen molar-refractivity contribution in [1.82, 2.24) is 0 Å². The van der Waals surface area contributed by atoms with Crippen molar-refractivity contribution in [3.63, 3.8) is 0 Å². The molecule has 4 aliphatic carbocycles. The SMILES string of the molecule is CC(C)CCC[C@@H](C)[C@H]1CC[C@H]2[C@@H]3CC=C4C=C(OCc5ccccc5)CC[C@]4(C)[C@H]3CC[C@]12C. The van der Waals surface area contributed by atoms with Crippen LogP contribution in [-0.2, 0) is 11.3 Å². The topological polar surface area (TPSA) is 9.23 Å². The molecule has 1 aromatic carbocycles. The first-order chi connectivity index (χ1) is 16.8. The van der Waals surface area contributed by atoms with Crippen LogP contribution in [0.2, 0.25) is 0 Å². The number of hydrogen-bond donors (Lipinski definition) is 0. The summed E-state index contributed by atoms with van der Waals surface area (Å²) in [7, 11) is 0. The number of rotatable bonds is 8. The quantitative estimate of drug-likeness (QED) is 0.364. The van der Waals surface area contributed by atoms with Crippen molar-refractivity contribution in [2.24, 2.45) is 46.3 Å². The molecule has 0 spiro atoms. The first-order valence-electron chi connectivity index (χ1n) is 14.9. The highest BCUT2D eigenvalue weighted by atomic mass is 16.5. The Kier molecular flexibility index (Phi) is 7.26. The Balaban J connectivity index is 1.27. The van der Waals surface area contributed by atoms with Crippen LogP contribution in [-0.4, -0.2) is 0 Å². The summed E-state index contributed by atoms with van der Waals surface area (Å²) < 4.78 is 6.29. The van der Waals surface area contributed by atoms with Gasteiger partial charge in [0.05, 0.1) is 5.76 Å². The number of hydrogen-bond acceptors (Lipinski definition) is 1. The van der Waals surface area contributed by atoms with E-state index in [-0.39, 0.29) is 0 Å². The van der Waals surface area contributed by atoms with Gasteiger partial charge in [0.1, 0.15) is 6.61 Å². The first-order valence-corrected chi connectivity index (χ1v) is 14.9. The van der Waals surface area contributed by atoms with Gasteiger partial charge >= 0.3 is 0 Å². The van der Waals surface area contributed by atoms with E-state index < -0.39 is 0 Å². The maximum Gasteiger partial charge on any atom is 0.113 e. The summed E-state index contributed by atoms with van der Waals surface area (Å²) >= 11 is 0. The summed E-state index contributed by atoms with van der Waals surface area (Å²) in [5.41, 5.74) is 3.79.